The van der Waals surface area contributed by atoms with Gasteiger partial charge in [-0.3, -0.25) is 0 Å². The van der Waals surface area contributed by atoms with Crippen molar-refractivity contribution >= 4 is 86.6 Å². The average Bonchev–Trinajstić information content (AvgIpc) is 3.44. The smallest absolute Gasteiger partial charge is 0.135 e. The molecular weight excluding hydrogens is 430 g/mol. The highest BCUT2D eigenvalue weighted by Gasteiger charge is 2.14. The first kappa shape index (κ1) is 16.8. The van der Waals surface area contributed by atoms with Crippen LogP contribution in [0.4, 0.5) is 0 Å². The molecule has 7 aromatic rings. The predicted octanol–water partition coefficient (Wildman–Crippen LogP) is 8.88. The van der Waals surface area contributed by atoms with Crippen LogP contribution in [-0.2, 0) is 0 Å². The molecule has 3 aromatic heterocycles. The molecule has 0 atom stereocenters. The molecule has 0 saturated heterocycles. The summed E-state index contributed by atoms with van der Waals surface area (Å²) in [6.45, 7) is 0. The zero-order chi connectivity index (χ0) is 19.8. The van der Waals surface area contributed by atoms with Crippen LogP contribution in [0.3, 0.4) is 0 Å². The zero-order valence-corrected chi connectivity index (χ0v) is 17.9. The van der Waals surface area contributed by atoms with Crippen LogP contribution < -0.4 is 0 Å². The zero-order valence-electron chi connectivity index (χ0n) is 15.5. The van der Waals surface area contributed by atoms with Gasteiger partial charge in [0.1, 0.15) is 16.2 Å². The second-order valence-electron chi connectivity index (χ2n) is 7.36. The summed E-state index contributed by atoms with van der Waals surface area (Å²) in [6.07, 6.45) is 0. The molecule has 7 rings (SSSR count). The van der Waals surface area contributed by atoms with Crippen molar-refractivity contribution in [2.24, 2.45) is 0 Å². The van der Waals surface area contributed by atoms with Crippen LogP contribution in [0.15, 0.2) is 77.2 Å². The Hall–Kier alpha value is -2.92. The summed E-state index contributed by atoms with van der Waals surface area (Å²) in [5.74, 6) is 0. The van der Waals surface area contributed by atoms with Gasteiger partial charge in [-0.2, -0.15) is 0 Å². The Morgan fingerprint density at radius 1 is 0.700 bits per heavy atom. The topological polar surface area (TPSA) is 26.0 Å². The summed E-state index contributed by atoms with van der Waals surface area (Å²) in [7, 11) is 0. The minimum absolute atomic E-state index is 0.797. The largest absolute Gasteiger partial charge is 0.456 e. The lowest BCUT2D eigenvalue weighted by molar-refractivity contribution is 0.669. The highest BCUT2D eigenvalue weighted by atomic mass is 35.5. The first-order chi connectivity index (χ1) is 14.7. The number of thiophene rings is 1. The fraction of sp³-hybridized carbons (Fsp3) is 0. The summed E-state index contributed by atoms with van der Waals surface area (Å²) in [4.78, 5) is 4.97. The van der Waals surface area contributed by atoms with E-state index in [9.17, 15) is 0 Å². The minimum atomic E-state index is 0.797. The lowest BCUT2D eigenvalue weighted by Crippen LogP contribution is -1.76. The summed E-state index contributed by atoms with van der Waals surface area (Å²) in [5, 5.41) is 6.39. The fourth-order valence-corrected chi connectivity index (χ4v) is 6.73. The lowest BCUT2D eigenvalue weighted by atomic mass is 10.1. The second kappa shape index (κ2) is 6.05. The average molecular weight is 442 g/mol. The summed E-state index contributed by atoms with van der Waals surface area (Å²) >= 11 is 10.0. The third kappa shape index (κ3) is 2.33. The van der Waals surface area contributed by atoms with Gasteiger partial charge in [-0.15, -0.1) is 22.7 Å². The van der Waals surface area contributed by atoms with E-state index in [-0.39, 0.29) is 0 Å². The van der Waals surface area contributed by atoms with Crippen molar-refractivity contribution < 1.29 is 4.42 Å². The molecule has 0 aliphatic heterocycles. The van der Waals surface area contributed by atoms with Crippen molar-refractivity contribution in [2.75, 3.05) is 0 Å². The number of aromatic nitrogens is 1. The van der Waals surface area contributed by atoms with Crippen molar-refractivity contribution in [3.05, 3.63) is 77.8 Å². The number of halogens is 1. The van der Waals surface area contributed by atoms with Gasteiger partial charge in [0.05, 0.1) is 10.2 Å². The highest BCUT2D eigenvalue weighted by Crippen LogP contribution is 2.42. The molecule has 0 aliphatic carbocycles. The van der Waals surface area contributed by atoms with Crippen molar-refractivity contribution in [2.45, 2.75) is 0 Å². The Labute approximate surface area is 183 Å². The third-order valence-corrected chi connectivity index (χ3v) is 8.08. The van der Waals surface area contributed by atoms with E-state index in [0.29, 0.717) is 0 Å². The van der Waals surface area contributed by atoms with Gasteiger partial charge in [0.15, 0.2) is 0 Å². The maximum absolute atomic E-state index is 6.50. The van der Waals surface area contributed by atoms with Crippen molar-refractivity contribution in [3.8, 4) is 10.6 Å². The van der Waals surface area contributed by atoms with Gasteiger partial charge in [-0.1, -0.05) is 35.9 Å². The summed E-state index contributed by atoms with van der Waals surface area (Å²) < 4.78 is 9.62. The van der Waals surface area contributed by atoms with Crippen molar-refractivity contribution in [1.29, 1.82) is 0 Å². The highest BCUT2D eigenvalue weighted by molar-refractivity contribution is 7.26. The molecule has 0 spiro atoms. The lowest BCUT2D eigenvalue weighted by Gasteiger charge is -1.96. The monoisotopic (exact) mass is 441 g/mol. The van der Waals surface area contributed by atoms with Gasteiger partial charge in [0.25, 0.3) is 0 Å². The maximum Gasteiger partial charge on any atom is 0.135 e. The Morgan fingerprint density at radius 3 is 2.57 bits per heavy atom. The molecule has 0 fully saturated rings. The van der Waals surface area contributed by atoms with Gasteiger partial charge in [0.2, 0.25) is 0 Å². The number of rotatable bonds is 1. The van der Waals surface area contributed by atoms with Crippen molar-refractivity contribution in [1.82, 2.24) is 4.98 Å². The molecule has 0 unspecified atom stereocenters. The van der Waals surface area contributed by atoms with Crippen LogP contribution in [0.5, 0.6) is 0 Å². The third-order valence-electron chi connectivity index (χ3n) is 5.58. The van der Waals surface area contributed by atoms with Gasteiger partial charge in [0, 0.05) is 41.5 Å². The molecule has 4 aromatic carbocycles. The SMILES string of the molecule is Clc1cccc2sc3cc4sc(-c5ccc6oc7ccccc7c6c5)nc4cc3c12. The first-order valence-corrected chi connectivity index (χ1v) is 11.6. The molecule has 3 heterocycles. The number of para-hydroxylation sites is 1. The van der Waals surface area contributed by atoms with Crippen molar-refractivity contribution in [3.63, 3.8) is 0 Å². The molecule has 0 bridgehead atoms. The second-order valence-corrected chi connectivity index (χ2v) is 9.88. The van der Waals surface area contributed by atoms with E-state index in [2.05, 4.69) is 36.4 Å². The number of hydrogen-bond acceptors (Lipinski definition) is 4. The molecule has 0 aliphatic rings. The van der Waals surface area contributed by atoms with E-state index in [1.54, 1.807) is 22.7 Å². The van der Waals surface area contributed by atoms with E-state index in [0.717, 1.165) is 48.4 Å². The van der Waals surface area contributed by atoms with Gasteiger partial charge < -0.3 is 4.42 Å². The normalized spacial score (nSPS) is 12.2. The van der Waals surface area contributed by atoms with Crippen LogP contribution in [0.1, 0.15) is 0 Å². The molecule has 5 heteroatoms. The Kier molecular flexibility index (Phi) is 3.39. The molecule has 0 amide bonds. The van der Waals surface area contributed by atoms with E-state index >= 15 is 0 Å². The minimum Gasteiger partial charge on any atom is -0.456 e. The van der Waals surface area contributed by atoms with Gasteiger partial charge in [-0.05, 0) is 48.5 Å². The Morgan fingerprint density at radius 2 is 1.60 bits per heavy atom. The Bertz CT molecular complexity index is 1770. The number of thiazole rings is 1. The van der Waals surface area contributed by atoms with E-state index in [1.165, 1.54) is 19.5 Å². The van der Waals surface area contributed by atoms with Crippen LogP contribution >= 0.6 is 34.3 Å². The first-order valence-electron chi connectivity index (χ1n) is 9.58. The van der Waals surface area contributed by atoms with Gasteiger partial charge >= 0.3 is 0 Å². The van der Waals surface area contributed by atoms with Crippen LogP contribution in [0.2, 0.25) is 5.02 Å². The molecule has 142 valence electrons. The molecule has 0 saturated carbocycles. The van der Waals surface area contributed by atoms with Crippen LogP contribution in [0, 0.1) is 0 Å². The number of benzene rings is 4. The van der Waals surface area contributed by atoms with E-state index in [1.807, 2.05) is 36.4 Å². The quantitative estimate of drug-likeness (QED) is 0.254. The van der Waals surface area contributed by atoms with E-state index < -0.39 is 0 Å². The molecule has 0 N–H and O–H groups in total. The van der Waals surface area contributed by atoms with Gasteiger partial charge in [-0.25, -0.2) is 4.98 Å². The fourth-order valence-electron chi connectivity index (χ4n) is 4.19. The number of furan rings is 1. The molecule has 30 heavy (non-hydrogen) atoms. The number of fused-ring (bicyclic) bond motifs is 7. The number of nitrogens with zero attached hydrogens (tertiary/aromatic N) is 1. The predicted molar refractivity (Wildman–Crippen MR) is 130 cm³/mol. The molecule has 2 nitrogen and oxygen atoms in total. The van der Waals surface area contributed by atoms with Crippen LogP contribution in [-0.4, -0.2) is 4.98 Å². The standard InChI is InChI=1S/C25H12ClNOS2/c26-17-5-3-7-21-24(17)16-11-18-23(12-22(16)29-21)30-25(27-18)13-8-9-20-15(10-13)14-4-1-2-6-19(14)28-20/h1-12H. The van der Waals surface area contributed by atoms with E-state index in [4.69, 9.17) is 21.0 Å². The summed E-state index contributed by atoms with van der Waals surface area (Å²) in [5.41, 5.74) is 3.95. The maximum atomic E-state index is 6.50. The number of hydrogen-bond donors (Lipinski definition) is 0. The summed E-state index contributed by atoms with van der Waals surface area (Å²) in [6, 6.07) is 25.0. The Balaban J connectivity index is 1.46. The molecule has 0 radical (unpaired) electrons. The van der Waals surface area contributed by atoms with Crippen LogP contribution in [0.25, 0.3) is 62.9 Å². The molecular formula is C25H12ClNOS2.